The Balaban J connectivity index is 1.94. The Morgan fingerprint density at radius 3 is 2.58 bits per heavy atom. The average Bonchev–Trinajstić information content (AvgIpc) is 2.98. The van der Waals surface area contributed by atoms with Gasteiger partial charge in [-0.25, -0.2) is 13.4 Å². The number of imidazole rings is 1. The van der Waals surface area contributed by atoms with E-state index >= 15 is 0 Å². The molecule has 0 spiro atoms. The average molecular weight is 373 g/mol. The maximum Gasteiger partial charge on any atom is 0.243 e. The van der Waals surface area contributed by atoms with Crippen LogP contribution in [0.3, 0.4) is 0 Å². The second-order valence-corrected chi connectivity index (χ2v) is 8.20. The van der Waals surface area contributed by atoms with E-state index in [0.29, 0.717) is 5.75 Å². The van der Waals surface area contributed by atoms with Gasteiger partial charge in [0, 0.05) is 13.6 Å². The second-order valence-electron chi connectivity index (χ2n) is 6.15. The van der Waals surface area contributed by atoms with Crippen molar-refractivity contribution >= 4 is 21.1 Å². The van der Waals surface area contributed by atoms with Crippen molar-refractivity contribution in [2.24, 2.45) is 0 Å². The highest BCUT2D eigenvalue weighted by atomic mass is 32.2. The van der Waals surface area contributed by atoms with Gasteiger partial charge in [-0.3, -0.25) is 0 Å². The summed E-state index contributed by atoms with van der Waals surface area (Å²) >= 11 is 0. The SMILES string of the molecule is CCn1c(CN(C)S(=O)(=O)c2ccc(OC)c(C)c2)nc2ccccc21. The molecule has 3 aromatic rings. The minimum Gasteiger partial charge on any atom is -0.496 e. The van der Waals surface area contributed by atoms with Crippen molar-refractivity contribution in [2.45, 2.75) is 31.8 Å². The van der Waals surface area contributed by atoms with E-state index in [9.17, 15) is 8.42 Å². The van der Waals surface area contributed by atoms with Gasteiger partial charge in [-0.2, -0.15) is 4.31 Å². The van der Waals surface area contributed by atoms with Gasteiger partial charge in [0.25, 0.3) is 0 Å². The van der Waals surface area contributed by atoms with Gasteiger partial charge < -0.3 is 9.30 Å². The molecule has 138 valence electrons. The number of fused-ring (bicyclic) bond motifs is 1. The zero-order valence-electron chi connectivity index (χ0n) is 15.4. The summed E-state index contributed by atoms with van der Waals surface area (Å²) in [7, 11) is -0.478. The molecule has 0 saturated carbocycles. The molecule has 6 nitrogen and oxygen atoms in total. The number of hydrogen-bond donors (Lipinski definition) is 0. The van der Waals surface area contributed by atoms with Crippen molar-refractivity contribution in [2.75, 3.05) is 14.2 Å². The summed E-state index contributed by atoms with van der Waals surface area (Å²) < 4.78 is 34.5. The first-order valence-corrected chi connectivity index (χ1v) is 9.87. The monoisotopic (exact) mass is 373 g/mol. The molecule has 0 aliphatic rings. The number of benzene rings is 2. The number of aryl methyl sites for hydroxylation is 2. The van der Waals surface area contributed by atoms with Crippen LogP contribution in [-0.4, -0.2) is 36.4 Å². The zero-order valence-corrected chi connectivity index (χ0v) is 16.2. The van der Waals surface area contributed by atoms with E-state index in [1.165, 1.54) is 4.31 Å². The highest BCUT2D eigenvalue weighted by molar-refractivity contribution is 7.89. The summed E-state index contributed by atoms with van der Waals surface area (Å²) in [5.41, 5.74) is 2.66. The number of aromatic nitrogens is 2. The van der Waals surface area contributed by atoms with Gasteiger partial charge in [-0.15, -0.1) is 0 Å². The Hall–Kier alpha value is -2.38. The largest absolute Gasteiger partial charge is 0.496 e. The molecule has 0 aliphatic carbocycles. The van der Waals surface area contributed by atoms with Gasteiger partial charge in [0.2, 0.25) is 10.0 Å². The van der Waals surface area contributed by atoms with Crippen molar-refractivity contribution in [1.29, 1.82) is 0 Å². The highest BCUT2D eigenvalue weighted by Gasteiger charge is 2.24. The molecule has 0 fully saturated rings. The van der Waals surface area contributed by atoms with Gasteiger partial charge in [0.15, 0.2) is 0 Å². The molecule has 3 rings (SSSR count). The molecule has 0 N–H and O–H groups in total. The van der Waals surface area contributed by atoms with E-state index in [4.69, 9.17) is 4.74 Å². The molecule has 2 aromatic carbocycles. The molecular weight excluding hydrogens is 350 g/mol. The predicted octanol–water partition coefficient (Wildman–Crippen LogP) is 3.19. The standard InChI is InChI=1S/C19H23N3O3S/c1-5-22-17-9-7-6-8-16(17)20-19(22)13-21(3)26(23,24)15-10-11-18(25-4)14(2)12-15/h6-12H,5,13H2,1-4H3. The first-order valence-electron chi connectivity index (χ1n) is 8.43. The van der Waals surface area contributed by atoms with E-state index < -0.39 is 10.0 Å². The van der Waals surface area contributed by atoms with E-state index in [1.54, 1.807) is 32.4 Å². The fraction of sp³-hybridized carbons (Fsp3) is 0.316. The van der Waals surface area contributed by atoms with Gasteiger partial charge >= 0.3 is 0 Å². The van der Waals surface area contributed by atoms with Gasteiger partial charge in [0.05, 0.1) is 29.6 Å². The Morgan fingerprint density at radius 2 is 1.92 bits per heavy atom. The fourth-order valence-electron chi connectivity index (χ4n) is 3.07. The minimum absolute atomic E-state index is 0.204. The molecule has 1 aromatic heterocycles. The Labute approximate surface area is 154 Å². The van der Waals surface area contributed by atoms with Crippen LogP contribution in [0, 0.1) is 6.92 Å². The number of para-hydroxylation sites is 2. The highest BCUT2D eigenvalue weighted by Crippen LogP contribution is 2.24. The number of sulfonamides is 1. The van der Waals surface area contributed by atoms with Crippen LogP contribution in [0.25, 0.3) is 11.0 Å². The van der Waals surface area contributed by atoms with Crippen LogP contribution in [0.2, 0.25) is 0 Å². The minimum atomic E-state index is -3.62. The van der Waals surface area contributed by atoms with E-state index in [0.717, 1.165) is 29.0 Å². The number of methoxy groups -OCH3 is 1. The first kappa shape index (κ1) is 18.4. The first-order chi connectivity index (χ1) is 12.4. The van der Waals surface area contributed by atoms with Crippen molar-refractivity contribution in [3.05, 3.63) is 53.9 Å². The third kappa shape index (κ3) is 3.20. The van der Waals surface area contributed by atoms with E-state index in [-0.39, 0.29) is 11.4 Å². The molecule has 1 heterocycles. The molecule has 0 aliphatic heterocycles. The van der Waals surface area contributed by atoms with E-state index in [1.807, 2.05) is 42.7 Å². The Bertz CT molecular complexity index is 1040. The number of rotatable bonds is 6. The normalized spacial score (nSPS) is 12.0. The summed E-state index contributed by atoms with van der Waals surface area (Å²) in [6, 6.07) is 12.7. The van der Waals surface area contributed by atoms with Crippen LogP contribution in [0.1, 0.15) is 18.3 Å². The lowest BCUT2D eigenvalue weighted by molar-refractivity contribution is 0.411. The summed E-state index contributed by atoms with van der Waals surface area (Å²) in [6.07, 6.45) is 0. The zero-order chi connectivity index (χ0) is 18.9. The van der Waals surface area contributed by atoms with Crippen LogP contribution in [0.15, 0.2) is 47.4 Å². The van der Waals surface area contributed by atoms with Crippen LogP contribution in [0.4, 0.5) is 0 Å². The second kappa shape index (κ2) is 7.09. The fourth-order valence-corrected chi connectivity index (χ4v) is 4.29. The van der Waals surface area contributed by atoms with Crippen molar-refractivity contribution in [1.82, 2.24) is 13.9 Å². The van der Waals surface area contributed by atoms with Crippen LogP contribution in [0.5, 0.6) is 5.75 Å². The maximum atomic E-state index is 13.0. The van der Waals surface area contributed by atoms with Gasteiger partial charge in [0.1, 0.15) is 11.6 Å². The smallest absolute Gasteiger partial charge is 0.243 e. The molecule has 0 saturated heterocycles. The molecule has 0 atom stereocenters. The molecule has 0 amide bonds. The number of nitrogens with zero attached hydrogens (tertiary/aromatic N) is 3. The van der Waals surface area contributed by atoms with Crippen molar-refractivity contribution in [3.63, 3.8) is 0 Å². The molecule has 26 heavy (non-hydrogen) atoms. The summed E-state index contributed by atoms with van der Waals surface area (Å²) in [5, 5.41) is 0. The Morgan fingerprint density at radius 1 is 1.19 bits per heavy atom. The van der Waals surface area contributed by atoms with Gasteiger partial charge in [-0.05, 0) is 49.7 Å². The summed E-state index contributed by atoms with van der Waals surface area (Å²) in [6.45, 7) is 4.79. The summed E-state index contributed by atoms with van der Waals surface area (Å²) in [5.74, 6) is 1.39. The van der Waals surface area contributed by atoms with Crippen LogP contribution < -0.4 is 4.74 Å². The van der Waals surface area contributed by atoms with Crippen LogP contribution in [-0.2, 0) is 23.1 Å². The third-order valence-corrected chi connectivity index (χ3v) is 6.29. The number of hydrogen-bond acceptors (Lipinski definition) is 4. The lowest BCUT2D eigenvalue weighted by Gasteiger charge is -2.18. The topological polar surface area (TPSA) is 64.4 Å². The number of ether oxygens (including phenoxy) is 1. The molecule has 0 bridgehead atoms. The molecular formula is C19H23N3O3S. The van der Waals surface area contributed by atoms with Gasteiger partial charge in [-0.1, -0.05) is 12.1 Å². The Kier molecular flexibility index (Phi) is 5.02. The third-order valence-electron chi connectivity index (χ3n) is 4.49. The predicted molar refractivity (Wildman–Crippen MR) is 102 cm³/mol. The van der Waals surface area contributed by atoms with E-state index in [2.05, 4.69) is 4.98 Å². The lowest BCUT2D eigenvalue weighted by Crippen LogP contribution is -2.28. The lowest BCUT2D eigenvalue weighted by atomic mass is 10.2. The molecule has 7 heteroatoms. The molecule has 0 unspecified atom stereocenters. The van der Waals surface area contributed by atoms with Crippen molar-refractivity contribution in [3.8, 4) is 5.75 Å². The van der Waals surface area contributed by atoms with Crippen molar-refractivity contribution < 1.29 is 13.2 Å². The quantitative estimate of drug-likeness (QED) is 0.666. The molecule has 0 radical (unpaired) electrons. The van der Waals surface area contributed by atoms with Crippen LogP contribution >= 0.6 is 0 Å². The summed E-state index contributed by atoms with van der Waals surface area (Å²) in [4.78, 5) is 4.86. The maximum absolute atomic E-state index is 13.0.